The fourth-order valence-electron chi connectivity index (χ4n) is 7.65. The number of ether oxygens (including phenoxy) is 2. The lowest BCUT2D eigenvalue weighted by molar-refractivity contribution is -0.239. The molecule has 16 heteroatoms. The summed E-state index contributed by atoms with van der Waals surface area (Å²) >= 11 is 0. The maximum absolute atomic E-state index is 14.3. The number of halogens is 1. The van der Waals surface area contributed by atoms with Crippen LogP contribution in [-0.2, 0) is 51.8 Å². The van der Waals surface area contributed by atoms with Crippen LogP contribution in [0.1, 0.15) is 80.9 Å². The summed E-state index contributed by atoms with van der Waals surface area (Å²) in [7, 11) is -4.27. The predicted molar refractivity (Wildman–Crippen MR) is 195 cm³/mol. The molecule has 3 heterocycles. The molecule has 14 nitrogen and oxygen atoms in total. The average Bonchev–Trinajstić information content (AvgIpc) is 3.42. The molecule has 2 saturated carbocycles. The van der Waals surface area contributed by atoms with Crippen LogP contribution in [0.4, 0.5) is 9.18 Å². The van der Waals surface area contributed by atoms with Gasteiger partial charge in [0.2, 0.25) is 11.8 Å². The topological polar surface area (TPSA) is 173 Å². The molecular weight excluding hydrogens is 734 g/mol. The molecule has 2 aromatic carbocycles. The quantitative estimate of drug-likeness (QED) is 0.251. The first-order valence-corrected chi connectivity index (χ1v) is 20.6. The number of hydroxylamine groups is 2. The largest absolute Gasteiger partial charge is 0.446 e. The molecule has 4 amide bonds. The van der Waals surface area contributed by atoms with Crippen molar-refractivity contribution in [3.63, 3.8) is 0 Å². The normalized spacial score (nSPS) is 28.0. The number of carbonyl (C=O) groups is 4. The minimum atomic E-state index is -4.27. The minimum Gasteiger partial charge on any atom is -0.446 e. The van der Waals surface area contributed by atoms with E-state index in [0.717, 1.165) is 43.2 Å². The van der Waals surface area contributed by atoms with Crippen molar-refractivity contribution in [1.29, 1.82) is 0 Å². The summed E-state index contributed by atoms with van der Waals surface area (Å²) < 4.78 is 54.6. The van der Waals surface area contributed by atoms with Gasteiger partial charge in [0.15, 0.2) is 6.79 Å². The van der Waals surface area contributed by atoms with Gasteiger partial charge in [0.05, 0.1) is 24.1 Å². The Morgan fingerprint density at radius 2 is 1.80 bits per heavy atom. The van der Waals surface area contributed by atoms with Gasteiger partial charge in [-0.3, -0.25) is 19.2 Å². The number of fused-ring (bicyclic) bond motifs is 3. The van der Waals surface area contributed by atoms with E-state index in [-0.39, 0.29) is 49.5 Å². The molecule has 0 bridgehead atoms. The summed E-state index contributed by atoms with van der Waals surface area (Å²) in [5.74, 6) is -2.83. The number of nitrogens with one attached hydrogen (secondary N) is 3. The molecule has 0 aromatic heterocycles. The Bertz CT molecular complexity index is 1920. The fourth-order valence-corrected chi connectivity index (χ4v) is 8.69. The van der Waals surface area contributed by atoms with Crippen LogP contribution in [0.5, 0.6) is 0 Å². The number of carbonyl (C=O) groups excluding carboxylic acids is 4. The molecule has 3 aliphatic heterocycles. The average molecular weight is 782 g/mol. The standard InChI is InChI=1S/C39H48FN5O9S/c1-25-15-17-30(18-16-25)55(50,51)43-37(48)39-20-27(39)10-5-3-2-4-6-14-33(41-38(49)54-28-11-8-12-28)36(47)45-22-29(19-34(45)35(46)42-39)52-24-53-44-21-26-9-7-13-32(40)31(26)23-44/h5,7,9-10,13,15-18,27-29,33-34H,2-4,6,8,11-12,14,19-24H2,1H3,(H,41,49)(H,42,46)(H,43,48)/b10-5-/t27-,29-,33+,34+,39-/m1/s1. The summed E-state index contributed by atoms with van der Waals surface area (Å²) in [6.45, 7) is 2.16. The van der Waals surface area contributed by atoms with Gasteiger partial charge in [-0.25, -0.2) is 22.3 Å². The second kappa shape index (κ2) is 16.4. The van der Waals surface area contributed by atoms with E-state index >= 15 is 0 Å². The Morgan fingerprint density at radius 1 is 1.00 bits per heavy atom. The van der Waals surface area contributed by atoms with Gasteiger partial charge in [-0.2, -0.15) is 5.06 Å². The summed E-state index contributed by atoms with van der Waals surface area (Å²) in [4.78, 5) is 62.5. The van der Waals surface area contributed by atoms with Gasteiger partial charge in [0.1, 0.15) is 29.5 Å². The first-order valence-electron chi connectivity index (χ1n) is 19.1. The van der Waals surface area contributed by atoms with Gasteiger partial charge in [0, 0.05) is 24.4 Å². The molecule has 3 fully saturated rings. The molecule has 2 aromatic rings. The summed E-state index contributed by atoms with van der Waals surface area (Å²) in [5, 5.41) is 7.16. The number of alkyl carbamates (subject to hydrolysis) is 1. The van der Waals surface area contributed by atoms with E-state index in [1.807, 2.05) is 25.1 Å². The maximum Gasteiger partial charge on any atom is 0.408 e. The van der Waals surface area contributed by atoms with E-state index in [0.29, 0.717) is 31.4 Å². The third-order valence-corrected chi connectivity index (χ3v) is 12.6. The number of rotatable bonds is 9. The van der Waals surface area contributed by atoms with Crippen LogP contribution in [-0.4, -0.2) is 85.4 Å². The van der Waals surface area contributed by atoms with Gasteiger partial charge >= 0.3 is 6.09 Å². The van der Waals surface area contributed by atoms with Gasteiger partial charge in [0.25, 0.3) is 15.9 Å². The molecule has 1 saturated heterocycles. The lowest BCUT2D eigenvalue weighted by Crippen LogP contribution is -2.58. The molecule has 0 radical (unpaired) electrons. The Kier molecular flexibility index (Phi) is 11.6. The first kappa shape index (κ1) is 38.9. The fraction of sp³-hybridized carbons (Fsp3) is 0.538. The summed E-state index contributed by atoms with van der Waals surface area (Å²) in [6.07, 6.45) is 8.02. The van der Waals surface area contributed by atoms with Gasteiger partial charge in [-0.1, -0.05) is 54.8 Å². The minimum absolute atomic E-state index is 0.0185. The Hall–Kier alpha value is -4.38. The number of allylic oxidation sites excluding steroid dienone is 1. The summed E-state index contributed by atoms with van der Waals surface area (Å²) in [6, 6.07) is 8.81. The van der Waals surface area contributed by atoms with Crippen molar-refractivity contribution in [2.45, 2.75) is 119 Å². The van der Waals surface area contributed by atoms with E-state index in [4.69, 9.17) is 14.3 Å². The lowest BCUT2D eigenvalue weighted by atomic mass is 9.96. The van der Waals surface area contributed by atoms with Gasteiger partial charge in [-0.05, 0) is 75.6 Å². The highest BCUT2D eigenvalue weighted by Crippen LogP contribution is 2.46. The van der Waals surface area contributed by atoms with Gasteiger partial charge < -0.3 is 25.0 Å². The first-order chi connectivity index (χ1) is 26.4. The van der Waals surface area contributed by atoms with Crippen molar-refractivity contribution in [1.82, 2.24) is 25.3 Å². The van der Waals surface area contributed by atoms with Crippen molar-refractivity contribution in [3.05, 3.63) is 77.1 Å². The number of aryl methyl sites for hydroxylation is 1. The number of amides is 4. The third kappa shape index (κ3) is 8.87. The number of hydrogen-bond acceptors (Lipinski definition) is 10. The monoisotopic (exact) mass is 781 g/mol. The SMILES string of the molecule is Cc1ccc(S(=O)(=O)NC(=O)[C@@]23C[C@H]2/C=C\CCCCC[C@H](NC(=O)OC2CCC2)C(=O)N2C[C@H](OCON4Cc5cccc(F)c5C4)C[C@H]2C(=O)N3)cc1. The highest BCUT2D eigenvalue weighted by molar-refractivity contribution is 7.90. The molecule has 2 aliphatic carbocycles. The molecule has 7 rings (SSSR count). The van der Waals surface area contributed by atoms with Crippen LogP contribution >= 0.6 is 0 Å². The van der Waals surface area contributed by atoms with Crippen molar-refractivity contribution in [3.8, 4) is 0 Å². The van der Waals surface area contributed by atoms with Crippen molar-refractivity contribution >= 4 is 33.8 Å². The number of hydrogen-bond donors (Lipinski definition) is 3. The number of benzene rings is 2. The van der Waals surface area contributed by atoms with E-state index in [2.05, 4.69) is 15.4 Å². The van der Waals surface area contributed by atoms with Gasteiger partial charge in [-0.15, -0.1) is 0 Å². The molecule has 5 aliphatic rings. The second-order valence-electron chi connectivity index (χ2n) is 15.2. The molecule has 3 N–H and O–H groups in total. The Morgan fingerprint density at radius 3 is 2.55 bits per heavy atom. The highest BCUT2D eigenvalue weighted by Gasteiger charge is 2.61. The molecule has 0 unspecified atom stereocenters. The highest BCUT2D eigenvalue weighted by atomic mass is 32.2. The van der Waals surface area contributed by atoms with Crippen molar-refractivity contribution in [2.75, 3.05) is 13.3 Å². The molecular formula is C39H48FN5O9S. The van der Waals surface area contributed by atoms with E-state index < -0.39 is 63.5 Å². The van der Waals surface area contributed by atoms with Crippen LogP contribution in [0.2, 0.25) is 0 Å². The lowest BCUT2D eigenvalue weighted by Gasteiger charge is -2.31. The molecule has 5 atom stereocenters. The zero-order chi connectivity index (χ0) is 38.7. The molecule has 0 spiro atoms. The van der Waals surface area contributed by atoms with E-state index in [1.54, 1.807) is 23.3 Å². The number of sulfonamides is 1. The van der Waals surface area contributed by atoms with Crippen LogP contribution < -0.4 is 15.4 Å². The predicted octanol–water partition coefficient (Wildman–Crippen LogP) is 3.87. The zero-order valence-electron chi connectivity index (χ0n) is 30.8. The smallest absolute Gasteiger partial charge is 0.408 e. The van der Waals surface area contributed by atoms with E-state index in [9.17, 15) is 32.0 Å². The maximum atomic E-state index is 14.3. The van der Waals surface area contributed by atoms with E-state index in [1.165, 1.54) is 23.1 Å². The van der Waals surface area contributed by atoms with Crippen molar-refractivity contribution in [2.24, 2.45) is 5.92 Å². The zero-order valence-corrected chi connectivity index (χ0v) is 31.7. The Balaban J connectivity index is 1.09. The van der Waals surface area contributed by atoms with Crippen LogP contribution in [0.15, 0.2) is 59.5 Å². The number of nitrogens with zero attached hydrogens (tertiary/aromatic N) is 2. The third-order valence-electron chi connectivity index (χ3n) is 11.3. The molecule has 55 heavy (non-hydrogen) atoms. The van der Waals surface area contributed by atoms with Crippen LogP contribution in [0.3, 0.4) is 0 Å². The van der Waals surface area contributed by atoms with Crippen LogP contribution in [0, 0.1) is 18.7 Å². The van der Waals surface area contributed by atoms with Crippen molar-refractivity contribution < 1.29 is 46.3 Å². The summed E-state index contributed by atoms with van der Waals surface area (Å²) in [5.41, 5.74) is 0.622. The molecule has 296 valence electrons. The second-order valence-corrected chi connectivity index (χ2v) is 16.9. The Labute approximate surface area is 320 Å². The van der Waals surface area contributed by atoms with Crippen LogP contribution in [0.25, 0.3) is 0 Å².